The van der Waals surface area contributed by atoms with Crippen LogP contribution in [0.25, 0.3) is 0 Å². The molecule has 0 spiro atoms. The van der Waals surface area contributed by atoms with Gasteiger partial charge < -0.3 is 19.7 Å². The van der Waals surface area contributed by atoms with Crippen molar-refractivity contribution in [3.63, 3.8) is 0 Å². The third-order valence-electron chi connectivity index (χ3n) is 5.67. The number of fused-ring (bicyclic) bond motifs is 1. The second-order valence-electron chi connectivity index (χ2n) is 8.06. The molecule has 0 aromatic heterocycles. The Labute approximate surface area is 221 Å². The molecular weight excluding hydrogens is 529 g/mol. The van der Waals surface area contributed by atoms with Crippen molar-refractivity contribution in [2.24, 2.45) is 0 Å². The van der Waals surface area contributed by atoms with E-state index in [1.54, 1.807) is 44.2 Å². The minimum absolute atomic E-state index is 0.0196. The lowest BCUT2D eigenvalue weighted by Gasteiger charge is -2.32. The van der Waals surface area contributed by atoms with Crippen LogP contribution in [0.15, 0.2) is 36.4 Å². The molecule has 1 unspecified atom stereocenters. The zero-order valence-corrected chi connectivity index (χ0v) is 22.6. The molecule has 0 saturated heterocycles. The molecule has 9 nitrogen and oxygen atoms in total. The second-order valence-corrected chi connectivity index (χ2v) is 11.1. The number of anilines is 1. The first kappa shape index (κ1) is 27.9. The van der Waals surface area contributed by atoms with Crippen LogP contribution in [-0.2, 0) is 26.2 Å². The number of carbonyl (C=O) groups excluding carboxylic acids is 2. The largest absolute Gasteiger partial charge is 0.486 e. The number of ether oxygens (including phenoxy) is 2. The van der Waals surface area contributed by atoms with E-state index in [0.717, 1.165) is 4.31 Å². The van der Waals surface area contributed by atoms with Gasteiger partial charge in [-0.15, -0.1) is 0 Å². The molecule has 2 aromatic carbocycles. The van der Waals surface area contributed by atoms with Gasteiger partial charge in [-0.25, -0.2) is 8.42 Å². The Morgan fingerprint density at radius 3 is 2.39 bits per heavy atom. The summed E-state index contributed by atoms with van der Waals surface area (Å²) in [6, 6.07) is 8.64. The van der Waals surface area contributed by atoms with Crippen molar-refractivity contribution in [2.75, 3.05) is 36.4 Å². The Balaban J connectivity index is 1.96. The Hall–Kier alpha value is -2.69. The summed E-state index contributed by atoms with van der Waals surface area (Å²) >= 11 is 12.3. The van der Waals surface area contributed by atoms with E-state index < -0.39 is 28.5 Å². The van der Waals surface area contributed by atoms with Crippen LogP contribution < -0.4 is 19.1 Å². The lowest BCUT2D eigenvalue weighted by molar-refractivity contribution is -0.139. The van der Waals surface area contributed by atoms with Crippen LogP contribution in [0.1, 0.15) is 26.3 Å². The van der Waals surface area contributed by atoms with E-state index >= 15 is 0 Å². The van der Waals surface area contributed by atoms with E-state index in [2.05, 4.69) is 5.32 Å². The first-order valence-electron chi connectivity index (χ1n) is 11.5. The summed E-state index contributed by atoms with van der Waals surface area (Å²) in [4.78, 5) is 27.6. The van der Waals surface area contributed by atoms with Gasteiger partial charge in [0.25, 0.3) is 0 Å². The zero-order chi connectivity index (χ0) is 26.5. The molecule has 0 bridgehead atoms. The molecule has 0 aliphatic carbocycles. The summed E-state index contributed by atoms with van der Waals surface area (Å²) in [5, 5.41) is 3.46. The Morgan fingerprint density at radius 2 is 1.75 bits per heavy atom. The van der Waals surface area contributed by atoms with Gasteiger partial charge in [0.15, 0.2) is 11.5 Å². The van der Waals surface area contributed by atoms with E-state index in [1.807, 2.05) is 0 Å². The second kappa shape index (κ2) is 12.0. The normalized spacial score (nSPS) is 13.6. The summed E-state index contributed by atoms with van der Waals surface area (Å²) in [5.41, 5.74) is 0.819. The highest BCUT2D eigenvalue weighted by atomic mass is 35.5. The highest BCUT2D eigenvalue weighted by molar-refractivity contribution is 7.92. The number of hydrogen-bond acceptors (Lipinski definition) is 6. The van der Waals surface area contributed by atoms with Crippen molar-refractivity contribution < 1.29 is 27.5 Å². The van der Waals surface area contributed by atoms with Crippen molar-refractivity contribution in [1.29, 1.82) is 0 Å². The number of likely N-dealkylation sites (N-methyl/N-ethyl adjacent to an activating group) is 1. The summed E-state index contributed by atoms with van der Waals surface area (Å²) in [7, 11) is -3.87. The topological polar surface area (TPSA) is 105 Å². The van der Waals surface area contributed by atoms with Gasteiger partial charge in [-0.1, -0.05) is 29.3 Å². The number of amides is 2. The molecular formula is C24H29Cl2N3O6S. The quantitative estimate of drug-likeness (QED) is 0.479. The Morgan fingerprint density at radius 1 is 1.06 bits per heavy atom. The van der Waals surface area contributed by atoms with Crippen LogP contribution in [0.4, 0.5) is 5.69 Å². The predicted molar refractivity (Wildman–Crippen MR) is 139 cm³/mol. The average Bonchev–Trinajstić information content (AvgIpc) is 2.86. The molecule has 196 valence electrons. The minimum Gasteiger partial charge on any atom is -0.486 e. The highest BCUT2D eigenvalue weighted by Gasteiger charge is 2.31. The number of nitrogens with one attached hydrogen (secondary N) is 1. The molecule has 0 radical (unpaired) electrons. The molecule has 2 aromatic rings. The maximum atomic E-state index is 13.6. The summed E-state index contributed by atoms with van der Waals surface area (Å²) in [6.45, 7) is 5.39. The molecule has 36 heavy (non-hydrogen) atoms. The van der Waals surface area contributed by atoms with Crippen molar-refractivity contribution in [3.8, 4) is 11.5 Å². The predicted octanol–water partition coefficient (Wildman–Crippen LogP) is 3.47. The molecule has 1 N–H and O–H groups in total. The SMILES string of the molecule is CCNC(=O)C(C)N(Cc1ccc(Cl)cc1Cl)C(=O)CN(c1ccc2c(c1)OCCO2)S(=O)(=O)CC. The molecule has 12 heteroatoms. The maximum Gasteiger partial charge on any atom is 0.244 e. The van der Waals surface area contributed by atoms with Crippen molar-refractivity contribution >= 4 is 50.7 Å². The Bertz CT molecular complexity index is 1220. The average molecular weight is 558 g/mol. The van der Waals surface area contributed by atoms with E-state index in [-0.39, 0.29) is 23.9 Å². The van der Waals surface area contributed by atoms with Gasteiger partial charge in [0.05, 0.1) is 11.4 Å². The van der Waals surface area contributed by atoms with E-state index in [1.165, 1.54) is 17.9 Å². The number of sulfonamides is 1. The van der Waals surface area contributed by atoms with Gasteiger partial charge in [-0.05, 0) is 50.6 Å². The van der Waals surface area contributed by atoms with Gasteiger partial charge >= 0.3 is 0 Å². The van der Waals surface area contributed by atoms with Crippen LogP contribution in [0, 0.1) is 0 Å². The van der Waals surface area contributed by atoms with Gasteiger partial charge in [-0.3, -0.25) is 13.9 Å². The first-order chi connectivity index (χ1) is 17.1. The van der Waals surface area contributed by atoms with Gasteiger partial charge in [-0.2, -0.15) is 0 Å². The minimum atomic E-state index is -3.87. The lowest BCUT2D eigenvalue weighted by Crippen LogP contribution is -2.51. The summed E-state index contributed by atoms with van der Waals surface area (Å²) in [6.07, 6.45) is 0. The van der Waals surface area contributed by atoms with E-state index in [4.69, 9.17) is 32.7 Å². The lowest BCUT2D eigenvalue weighted by atomic mass is 10.1. The van der Waals surface area contributed by atoms with Gasteiger partial charge in [0.1, 0.15) is 25.8 Å². The summed E-state index contributed by atoms with van der Waals surface area (Å²) in [5.74, 6) is -0.298. The first-order valence-corrected chi connectivity index (χ1v) is 13.8. The summed E-state index contributed by atoms with van der Waals surface area (Å²) < 4.78 is 38.2. The monoisotopic (exact) mass is 557 g/mol. The highest BCUT2D eigenvalue weighted by Crippen LogP contribution is 2.35. The fourth-order valence-electron chi connectivity index (χ4n) is 3.64. The van der Waals surface area contributed by atoms with Crippen LogP contribution in [-0.4, -0.2) is 63.2 Å². The number of benzene rings is 2. The van der Waals surface area contributed by atoms with Crippen LogP contribution >= 0.6 is 23.2 Å². The smallest absolute Gasteiger partial charge is 0.244 e. The molecule has 1 heterocycles. The number of hydrogen-bond donors (Lipinski definition) is 1. The fourth-order valence-corrected chi connectivity index (χ4v) is 5.17. The molecule has 0 saturated carbocycles. The fraction of sp³-hybridized carbons (Fsp3) is 0.417. The molecule has 1 aliphatic heterocycles. The van der Waals surface area contributed by atoms with E-state index in [0.29, 0.717) is 46.9 Å². The molecule has 0 fully saturated rings. The van der Waals surface area contributed by atoms with Gasteiger partial charge in [0, 0.05) is 29.2 Å². The Kier molecular flexibility index (Phi) is 9.32. The number of rotatable bonds is 10. The third kappa shape index (κ3) is 6.54. The van der Waals surface area contributed by atoms with Crippen molar-refractivity contribution in [1.82, 2.24) is 10.2 Å². The van der Waals surface area contributed by atoms with Crippen LogP contribution in [0.3, 0.4) is 0 Å². The standard InChI is InChI=1S/C24H29Cl2N3O6S/c1-4-27-24(31)16(3)28(14-17-6-7-18(25)12-20(17)26)23(30)15-29(36(32,33)5-2)19-8-9-21-22(13-19)35-11-10-34-21/h6-9,12-13,16H,4-5,10-11,14-15H2,1-3H3,(H,27,31). The zero-order valence-electron chi connectivity index (χ0n) is 20.3. The maximum absolute atomic E-state index is 13.6. The number of carbonyl (C=O) groups is 2. The molecule has 1 aliphatic rings. The molecule has 1 atom stereocenters. The van der Waals surface area contributed by atoms with Crippen LogP contribution in [0.2, 0.25) is 10.0 Å². The van der Waals surface area contributed by atoms with E-state index in [9.17, 15) is 18.0 Å². The number of nitrogens with zero attached hydrogens (tertiary/aromatic N) is 2. The van der Waals surface area contributed by atoms with Gasteiger partial charge in [0.2, 0.25) is 21.8 Å². The molecule has 2 amide bonds. The molecule has 3 rings (SSSR count). The number of halogens is 2. The van der Waals surface area contributed by atoms with Crippen LogP contribution in [0.5, 0.6) is 11.5 Å². The van der Waals surface area contributed by atoms with Crippen molar-refractivity contribution in [2.45, 2.75) is 33.4 Å². The third-order valence-corrected chi connectivity index (χ3v) is 8.00. The van der Waals surface area contributed by atoms with Crippen molar-refractivity contribution in [3.05, 3.63) is 52.0 Å².